The van der Waals surface area contributed by atoms with E-state index >= 15 is 0 Å². The molecule has 0 heterocycles. The maximum Gasteiger partial charge on any atom is 0.115 e. The van der Waals surface area contributed by atoms with Crippen LogP contribution in [0.15, 0.2) is 48.5 Å². The van der Waals surface area contributed by atoms with Crippen LogP contribution in [0.1, 0.15) is 30.9 Å². The Morgan fingerprint density at radius 1 is 0.762 bits per heavy atom. The zero-order chi connectivity index (χ0) is 15.2. The van der Waals surface area contributed by atoms with Gasteiger partial charge in [0.2, 0.25) is 0 Å². The van der Waals surface area contributed by atoms with Crippen molar-refractivity contribution in [3.8, 4) is 11.5 Å². The second-order valence-electron chi connectivity index (χ2n) is 4.88. The fraction of sp³-hybridized carbons (Fsp3) is 0.222. The average molecular weight is 284 g/mol. The molecule has 0 saturated carbocycles. The van der Waals surface area contributed by atoms with E-state index in [1.54, 1.807) is 24.3 Å². The minimum absolute atomic E-state index is 0.0673. The lowest BCUT2D eigenvalue weighted by molar-refractivity contribution is 0.305. The summed E-state index contributed by atoms with van der Waals surface area (Å²) in [6.45, 7) is 2.14. The molecule has 0 amide bonds. The third-order valence-electron chi connectivity index (χ3n) is 3.51. The van der Waals surface area contributed by atoms with Crippen molar-refractivity contribution in [3.05, 3.63) is 59.7 Å². The monoisotopic (exact) mass is 284 g/mol. The van der Waals surface area contributed by atoms with Gasteiger partial charge in [-0.2, -0.15) is 0 Å². The van der Waals surface area contributed by atoms with Crippen LogP contribution in [0.4, 0.5) is 0 Å². The van der Waals surface area contributed by atoms with E-state index in [4.69, 9.17) is 0 Å². The zero-order valence-corrected chi connectivity index (χ0v) is 12.1. The Hall–Kier alpha value is -2.26. The molecule has 0 aromatic heterocycles. The highest BCUT2D eigenvalue weighted by atomic mass is 16.3. The van der Waals surface area contributed by atoms with Gasteiger partial charge in [0.05, 0.1) is 0 Å². The van der Waals surface area contributed by atoms with E-state index in [2.05, 4.69) is 6.92 Å². The van der Waals surface area contributed by atoms with E-state index in [0.29, 0.717) is 6.42 Å². The minimum Gasteiger partial charge on any atom is -0.508 e. The van der Waals surface area contributed by atoms with E-state index < -0.39 is 0 Å². The first-order valence-electron chi connectivity index (χ1n) is 7.07. The van der Waals surface area contributed by atoms with E-state index in [1.165, 1.54) is 0 Å². The Labute approximate surface area is 124 Å². The van der Waals surface area contributed by atoms with Crippen molar-refractivity contribution in [2.24, 2.45) is 0 Å². The summed E-state index contributed by atoms with van der Waals surface area (Å²) in [6, 6.07) is 14.1. The smallest absolute Gasteiger partial charge is 0.115 e. The summed E-state index contributed by atoms with van der Waals surface area (Å²) in [5.74, 6) is 0.465. The molecule has 2 aromatic rings. The van der Waals surface area contributed by atoms with Crippen molar-refractivity contribution < 1.29 is 15.3 Å². The number of phenolic OH excluding ortho intramolecular Hbond substituents is 2. The second kappa shape index (κ2) is 6.95. The maximum atomic E-state index is 9.42. The van der Waals surface area contributed by atoms with Crippen LogP contribution in [0, 0.1) is 0 Å². The molecule has 0 bridgehead atoms. The van der Waals surface area contributed by atoms with Crippen LogP contribution in [0.5, 0.6) is 11.5 Å². The standard InChI is InChI=1S/C18H20O3/c1-2-17(13-3-7-15(20)8-4-13)18(11-12-19)14-5-9-16(21)10-6-14/h3-10,19-21H,2,11-12H2,1H3/b18-17-. The van der Waals surface area contributed by atoms with Gasteiger partial charge in [-0.15, -0.1) is 0 Å². The fourth-order valence-corrected chi connectivity index (χ4v) is 2.50. The van der Waals surface area contributed by atoms with Crippen LogP contribution in [-0.4, -0.2) is 21.9 Å². The van der Waals surface area contributed by atoms with Gasteiger partial charge < -0.3 is 15.3 Å². The SMILES string of the molecule is CC/C(=C(\CCO)c1ccc(O)cc1)c1ccc(O)cc1. The predicted molar refractivity (Wildman–Crippen MR) is 85.0 cm³/mol. The molecule has 21 heavy (non-hydrogen) atoms. The molecule has 3 heteroatoms. The molecule has 0 atom stereocenters. The number of phenols is 2. The number of hydrogen-bond donors (Lipinski definition) is 3. The molecule has 110 valence electrons. The highest BCUT2D eigenvalue weighted by Gasteiger charge is 2.10. The number of aliphatic hydroxyl groups is 1. The van der Waals surface area contributed by atoms with E-state index in [0.717, 1.165) is 28.7 Å². The van der Waals surface area contributed by atoms with Crippen LogP contribution in [-0.2, 0) is 0 Å². The van der Waals surface area contributed by atoms with Gasteiger partial charge in [-0.25, -0.2) is 0 Å². The number of allylic oxidation sites excluding steroid dienone is 1. The molecule has 0 aliphatic heterocycles. The van der Waals surface area contributed by atoms with Crippen molar-refractivity contribution in [3.63, 3.8) is 0 Å². The molecule has 3 N–H and O–H groups in total. The Kier molecular flexibility index (Phi) is 5.01. The molecule has 0 aliphatic carbocycles. The number of hydrogen-bond acceptors (Lipinski definition) is 3. The summed E-state index contributed by atoms with van der Waals surface area (Å²) >= 11 is 0. The molecule has 2 rings (SSSR count). The lowest BCUT2D eigenvalue weighted by Crippen LogP contribution is -1.95. The summed E-state index contributed by atoms with van der Waals surface area (Å²) in [5, 5.41) is 28.2. The molecule has 2 aromatic carbocycles. The maximum absolute atomic E-state index is 9.42. The molecule has 0 aliphatic rings. The minimum atomic E-state index is 0.0673. The number of aliphatic hydroxyl groups excluding tert-OH is 1. The highest BCUT2D eigenvalue weighted by molar-refractivity contribution is 5.91. The Balaban J connectivity index is 2.53. The van der Waals surface area contributed by atoms with Crippen LogP contribution in [0.2, 0.25) is 0 Å². The molecule has 3 nitrogen and oxygen atoms in total. The van der Waals surface area contributed by atoms with Crippen LogP contribution >= 0.6 is 0 Å². The van der Waals surface area contributed by atoms with Crippen LogP contribution in [0.3, 0.4) is 0 Å². The Bertz CT molecular complexity index is 610. The highest BCUT2D eigenvalue weighted by Crippen LogP contribution is 2.32. The van der Waals surface area contributed by atoms with E-state index in [9.17, 15) is 15.3 Å². The molecule has 0 radical (unpaired) electrons. The Morgan fingerprint density at radius 3 is 1.57 bits per heavy atom. The first-order chi connectivity index (χ1) is 10.2. The average Bonchev–Trinajstić information content (AvgIpc) is 2.50. The topological polar surface area (TPSA) is 60.7 Å². The van der Waals surface area contributed by atoms with Gasteiger partial charge in [0, 0.05) is 6.61 Å². The van der Waals surface area contributed by atoms with Gasteiger partial charge in [0.1, 0.15) is 11.5 Å². The Morgan fingerprint density at radius 2 is 1.19 bits per heavy atom. The number of aromatic hydroxyl groups is 2. The lowest BCUT2D eigenvalue weighted by atomic mass is 9.91. The van der Waals surface area contributed by atoms with Gasteiger partial charge in [-0.05, 0) is 59.4 Å². The van der Waals surface area contributed by atoms with Crippen molar-refractivity contribution in [2.45, 2.75) is 19.8 Å². The van der Waals surface area contributed by atoms with Crippen molar-refractivity contribution in [2.75, 3.05) is 6.61 Å². The van der Waals surface area contributed by atoms with Crippen molar-refractivity contribution in [1.82, 2.24) is 0 Å². The van der Waals surface area contributed by atoms with E-state index in [1.807, 2.05) is 24.3 Å². The van der Waals surface area contributed by atoms with Crippen LogP contribution < -0.4 is 0 Å². The molecular weight excluding hydrogens is 264 g/mol. The van der Waals surface area contributed by atoms with Gasteiger partial charge in [-0.3, -0.25) is 0 Å². The first-order valence-corrected chi connectivity index (χ1v) is 7.07. The molecule has 0 fully saturated rings. The van der Waals surface area contributed by atoms with E-state index in [-0.39, 0.29) is 18.1 Å². The molecule has 0 unspecified atom stereocenters. The third-order valence-corrected chi connectivity index (χ3v) is 3.51. The largest absolute Gasteiger partial charge is 0.508 e. The summed E-state index contributed by atoms with van der Waals surface area (Å²) in [5.41, 5.74) is 4.22. The third kappa shape index (κ3) is 3.64. The summed E-state index contributed by atoms with van der Waals surface area (Å²) in [7, 11) is 0. The first kappa shape index (κ1) is 15.1. The van der Waals surface area contributed by atoms with Gasteiger partial charge in [0.15, 0.2) is 0 Å². The lowest BCUT2D eigenvalue weighted by Gasteiger charge is -2.15. The number of benzene rings is 2. The summed E-state index contributed by atoms with van der Waals surface area (Å²) < 4.78 is 0. The van der Waals surface area contributed by atoms with Crippen molar-refractivity contribution >= 4 is 11.1 Å². The van der Waals surface area contributed by atoms with Gasteiger partial charge >= 0.3 is 0 Å². The normalized spacial score (nSPS) is 12.1. The predicted octanol–water partition coefficient (Wildman–Crippen LogP) is 3.80. The molecular formula is C18H20O3. The molecule has 0 spiro atoms. The summed E-state index contributed by atoms with van der Waals surface area (Å²) in [4.78, 5) is 0. The fourth-order valence-electron chi connectivity index (χ4n) is 2.50. The van der Waals surface area contributed by atoms with Crippen molar-refractivity contribution in [1.29, 1.82) is 0 Å². The second-order valence-corrected chi connectivity index (χ2v) is 4.88. The summed E-state index contributed by atoms with van der Waals surface area (Å²) in [6.07, 6.45) is 1.37. The van der Waals surface area contributed by atoms with Crippen LogP contribution in [0.25, 0.3) is 11.1 Å². The number of rotatable bonds is 5. The molecule has 0 saturated heterocycles. The van der Waals surface area contributed by atoms with Gasteiger partial charge in [-0.1, -0.05) is 31.2 Å². The zero-order valence-electron chi connectivity index (χ0n) is 12.1. The van der Waals surface area contributed by atoms with Gasteiger partial charge in [0.25, 0.3) is 0 Å². The quantitative estimate of drug-likeness (QED) is 0.732.